The van der Waals surface area contributed by atoms with E-state index in [1.165, 1.54) is 18.2 Å². The molecule has 2 atom stereocenters. The van der Waals surface area contributed by atoms with Crippen LogP contribution in [-0.2, 0) is 30.2 Å². The molecule has 0 saturated carbocycles. The Kier molecular flexibility index (Phi) is 11.3. The normalized spacial score (nSPS) is 12.8. The first-order valence-electron chi connectivity index (χ1n) is 10.9. The molecule has 0 radical (unpaired) electrons. The van der Waals surface area contributed by atoms with Crippen molar-refractivity contribution in [1.82, 2.24) is 5.32 Å². The molecule has 1 rings (SSSR count). The van der Waals surface area contributed by atoms with Crippen LogP contribution in [0, 0.1) is 5.41 Å². The standard InChI is InChI=1S/C23H33NO10/c1-7-30-21(28)33-17-10-9-15(12-18(17)34-22(29)31-8-2)11-16(19(25)26)24-13-14(3)32-20(27)23(4,5)6/h9-10,12,14,16,24H,7-8,11,13H2,1-6H3,(H,25,26)/t14?,16-/m0/s1. The minimum atomic E-state index is -1.13. The highest BCUT2D eigenvalue weighted by Gasteiger charge is 2.26. The van der Waals surface area contributed by atoms with Crippen LogP contribution in [0.1, 0.15) is 47.1 Å². The molecule has 0 spiro atoms. The molecule has 2 N–H and O–H groups in total. The van der Waals surface area contributed by atoms with Crippen LogP contribution in [0.5, 0.6) is 11.5 Å². The molecule has 0 heterocycles. The maximum absolute atomic E-state index is 12.0. The maximum Gasteiger partial charge on any atom is 0.513 e. The van der Waals surface area contributed by atoms with Gasteiger partial charge in [0.2, 0.25) is 0 Å². The predicted octanol–water partition coefficient (Wildman–Crippen LogP) is 3.32. The zero-order chi connectivity index (χ0) is 25.9. The van der Waals surface area contributed by atoms with Crippen LogP contribution in [0.15, 0.2) is 18.2 Å². The number of ether oxygens (including phenoxy) is 5. The molecule has 190 valence electrons. The highest BCUT2D eigenvalue weighted by atomic mass is 16.7. The van der Waals surface area contributed by atoms with Gasteiger partial charge in [0.1, 0.15) is 12.1 Å². The lowest BCUT2D eigenvalue weighted by atomic mass is 9.97. The first-order valence-corrected chi connectivity index (χ1v) is 10.9. The molecule has 1 aromatic carbocycles. The third-order valence-electron chi connectivity index (χ3n) is 4.23. The number of carboxylic acids is 1. The Bertz CT molecular complexity index is 862. The second-order valence-electron chi connectivity index (χ2n) is 8.32. The molecule has 0 fully saturated rings. The van der Waals surface area contributed by atoms with Crippen molar-refractivity contribution in [3.05, 3.63) is 23.8 Å². The third kappa shape index (κ3) is 10.1. The summed E-state index contributed by atoms with van der Waals surface area (Å²) in [6.45, 7) is 10.3. The van der Waals surface area contributed by atoms with E-state index in [0.29, 0.717) is 5.56 Å². The fraction of sp³-hybridized carbons (Fsp3) is 0.565. The average molecular weight is 484 g/mol. The van der Waals surface area contributed by atoms with Gasteiger partial charge in [-0.15, -0.1) is 0 Å². The SMILES string of the molecule is CCOC(=O)Oc1ccc(C[C@H](NCC(C)OC(=O)C(C)(C)C)C(=O)O)cc1OC(=O)OCC. The molecule has 11 heteroatoms. The van der Waals surface area contributed by atoms with Gasteiger partial charge in [-0.3, -0.25) is 9.59 Å². The number of nitrogens with one attached hydrogen (secondary N) is 1. The number of esters is 1. The Morgan fingerprint density at radius 1 is 0.971 bits per heavy atom. The molecule has 0 aliphatic carbocycles. The van der Waals surface area contributed by atoms with E-state index in [-0.39, 0.29) is 37.7 Å². The minimum Gasteiger partial charge on any atom is -0.480 e. The molecular formula is C23H33NO10. The van der Waals surface area contributed by atoms with Crippen LogP contribution in [-0.4, -0.2) is 61.3 Å². The van der Waals surface area contributed by atoms with Gasteiger partial charge >= 0.3 is 24.2 Å². The molecule has 0 aromatic heterocycles. The Balaban J connectivity index is 2.96. The molecule has 1 unspecified atom stereocenters. The number of aliphatic carboxylic acids is 1. The van der Waals surface area contributed by atoms with Crippen LogP contribution >= 0.6 is 0 Å². The highest BCUT2D eigenvalue weighted by molar-refractivity contribution is 5.76. The van der Waals surface area contributed by atoms with E-state index >= 15 is 0 Å². The summed E-state index contributed by atoms with van der Waals surface area (Å²) in [4.78, 5) is 47.2. The van der Waals surface area contributed by atoms with Gasteiger partial charge < -0.3 is 34.1 Å². The van der Waals surface area contributed by atoms with Crippen molar-refractivity contribution in [2.24, 2.45) is 5.41 Å². The van der Waals surface area contributed by atoms with Crippen LogP contribution < -0.4 is 14.8 Å². The summed E-state index contributed by atoms with van der Waals surface area (Å²) in [5, 5.41) is 12.5. The second kappa shape index (κ2) is 13.4. The van der Waals surface area contributed by atoms with Crippen molar-refractivity contribution >= 4 is 24.2 Å². The summed E-state index contributed by atoms with van der Waals surface area (Å²) in [5.74, 6) is -1.76. The smallest absolute Gasteiger partial charge is 0.480 e. The van der Waals surface area contributed by atoms with Gasteiger partial charge in [-0.25, -0.2) is 9.59 Å². The van der Waals surface area contributed by atoms with E-state index in [1.54, 1.807) is 41.5 Å². The van der Waals surface area contributed by atoms with Gasteiger partial charge in [0.15, 0.2) is 11.5 Å². The summed E-state index contributed by atoms with van der Waals surface area (Å²) in [7, 11) is 0. The monoisotopic (exact) mass is 483 g/mol. The average Bonchev–Trinajstić information content (AvgIpc) is 2.72. The summed E-state index contributed by atoms with van der Waals surface area (Å²) < 4.78 is 24.9. The van der Waals surface area contributed by atoms with Gasteiger partial charge in [0, 0.05) is 6.54 Å². The largest absolute Gasteiger partial charge is 0.513 e. The Labute approximate surface area is 198 Å². The van der Waals surface area contributed by atoms with Crippen molar-refractivity contribution in [3.63, 3.8) is 0 Å². The number of carboxylic acid groups (broad SMARTS) is 1. The topological polar surface area (TPSA) is 147 Å². The van der Waals surface area contributed by atoms with Gasteiger partial charge in [-0.1, -0.05) is 6.07 Å². The van der Waals surface area contributed by atoms with Gasteiger partial charge in [0.05, 0.1) is 18.6 Å². The van der Waals surface area contributed by atoms with Gasteiger partial charge in [-0.2, -0.15) is 0 Å². The number of benzene rings is 1. The number of carbonyl (C=O) groups excluding carboxylic acids is 3. The van der Waals surface area contributed by atoms with E-state index in [4.69, 9.17) is 23.7 Å². The van der Waals surface area contributed by atoms with E-state index in [1.807, 2.05) is 0 Å². The number of rotatable bonds is 11. The molecule has 0 bridgehead atoms. The fourth-order valence-corrected chi connectivity index (χ4v) is 2.51. The second-order valence-corrected chi connectivity index (χ2v) is 8.32. The van der Waals surface area contributed by atoms with Gasteiger partial charge in [0.25, 0.3) is 0 Å². The Morgan fingerprint density at radius 3 is 2.03 bits per heavy atom. The van der Waals surface area contributed by atoms with E-state index < -0.39 is 41.8 Å². The number of carbonyl (C=O) groups is 4. The van der Waals surface area contributed by atoms with Crippen LogP contribution in [0.3, 0.4) is 0 Å². The Hall–Kier alpha value is -3.34. The molecule has 34 heavy (non-hydrogen) atoms. The Morgan fingerprint density at radius 2 is 1.53 bits per heavy atom. The lowest BCUT2D eigenvalue weighted by Gasteiger charge is -2.23. The van der Waals surface area contributed by atoms with E-state index in [2.05, 4.69) is 5.32 Å². The van der Waals surface area contributed by atoms with Crippen LogP contribution in [0.4, 0.5) is 9.59 Å². The minimum absolute atomic E-state index is 0.00581. The van der Waals surface area contributed by atoms with Crippen molar-refractivity contribution in [2.45, 2.75) is 60.1 Å². The van der Waals surface area contributed by atoms with Crippen molar-refractivity contribution in [2.75, 3.05) is 19.8 Å². The zero-order valence-electron chi connectivity index (χ0n) is 20.3. The van der Waals surface area contributed by atoms with Crippen molar-refractivity contribution in [3.8, 4) is 11.5 Å². The van der Waals surface area contributed by atoms with Crippen LogP contribution in [0.25, 0.3) is 0 Å². The lowest BCUT2D eigenvalue weighted by Crippen LogP contribution is -2.43. The van der Waals surface area contributed by atoms with Crippen LogP contribution in [0.2, 0.25) is 0 Å². The molecule has 1 aromatic rings. The molecule has 0 aliphatic rings. The predicted molar refractivity (Wildman–Crippen MR) is 120 cm³/mol. The van der Waals surface area contributed by atoms with E-state index in [0.717, 1.165) is 0 Å². The molecule has 0 aliphatic heterocycles. The molecule has 0 amide bonds. The van der Waals surface area contributed by atoms with E-state index in [9.17, 15) is 24.3 Å². The first-order chi connectivity index (χ1) is 15.9. The maximum atomic E-state index is 12.0. The molecular weight excluding hydrogens is 450 g/mol. The highest BCUT2D eigenvalue weighted by Crippen LogP contribution is 2.30. The third-order valence-corrected chi connectivity index (χ3v) is 4.23. The number of hydrogen-bond donors (Lipinski definition) is 2. The first kappa shape index (κ1) is 28.7. The quantitative estimate of drug-likeness (QED) is 0.271. The summed E-state index contributed by atoms with van der Waals surface area (Å²) >= 11 is 0. The molecule has 0 saturated heterocycles. The summed E-state index contributed by atoms with van der Waals surface area (Å²) in [6, 6.07) is 3.20. The van der Waals surface area contributed by atoms with Crippen molar-refractivity contribution in [1.29, 1.82) is 0 Å². The zero-order valence-corrected chi connectivity index (χ0v) is 20.3. The van der Waals surface area contributed by atoms with Gasteiger partial charge in [-0.05, 0) is 65.7 Å². The summed E-state index contributed by atoms with van der Waals surface area (Å²) in [6.07, 6.45) is -2.58. The number of hydrogen-bond acceptors (Lipinski definition) is 10. The fourth-order valence-electron chi connectivity index (χ4n) is 2.51. The lowest BCUT2D eigenvalue weighted by molar-refractivity contribution is -0.157. The molecule has 11 nitrogen and oxygen atoms in total. The van der Waals surface area contributed by atoms with Crippen molar-refractivity contribution < 1.29 is 48.0 Å². The summed E-state index contributed by atoms with van der Waals surface area (Å²) in [5.41, 5.74) is -0.210.